The van der Waals surface area contributed by atoms with Crippen LogP contribution >= 0.6 is 0 Å². The van der Waals surface area contributed by atoms with Crippen LogP contribution in [0.1, 0.15) is 24.0 Å². The molecule has 0 spiro atoms. The van der Waals surface area contributed by atoms with Crippen molar-refractivity contribution in [3.8, 4) is 5.75 Å². The molecule has 0 atom stereocenters. The van der Waals surface area contributed by atoms with Crippen LogP contribution in [-0.4, -0.2) is 30.1 Å². The molecule has 0 aliphatic carbocycles. The molecule has 0 radical (unpaired) electrons. The topological polar surface area (TPSA) is 68.5 Å². The monoisotopic (exact) mass is 341 g/mol. The summed E-state index contributed by atoms with van der Waals surface area (Å²) in [5, 5.41) is 10.8. The summed E-state index contributed by atoms with van der Waals surface area (Å²) in [5.74, 6) is 2.41. The van der Waals surface area contributed by atoms with Crippen LogP contribution in [0.15, 0.2) is 36.5 Å². The van der Waals surface area contributed by atoms with Crippen LogP contribution in [0.2, 0.25) is 0 Å². The maximum Gasteiger partial charge on any atom is 0.287 e. The minimum atomic E-state index is -0.399. The van der Waals surface area contributed by atoms with Gasteiger partial charge in [0.2, 0.25) is 0 Å². The normalized spacial score (nSPS) is 15.2. The third-order valence-electron chi connectivity index (χ3n) is 4.82. The molecule has 1 aromatic heterocycles. The molecule has 1 saturated heterocycles. The number of benzene rings is 1. The van der Waals surface area contributed by atoms with Gasteiger partial charge in [-0.15, -0.1) is 0 Å². The lowest BCUT2D eigenvalue weighted by Gasteiger charge is -2.33. The average Bonchev–Trinajstić information content (AvgIpc) is 2.62. The van der Waals surface area contributed by atoms with Gasteiger partial charge in [0.15, 0.2) is 0 Å². The number of aromatic nitrogens is 1. The zero-order chi connectivity index (χ0) is 17.8. The number of hydrogen-bond acceptors (Lipinski definition) is 5. The first-order chi connectivity index (χ1) is 12.1. The standard InChI is InChI=1S/C19H23N3O3/c1-14-10-17(22(23)24)13-20-19(14)21-8-6-15(7-9-21)11-16-4-3-5-18(12-16)25-2/h3-5,10,12-13,15H,6-9,11H2,1-2H3. The number of anilines is 1. The highest BCUT2D eigenvalue weighted by atomic mass is 16.6. The van der Waals surface area contributed by atoms with Crippen LogP contribution in [0, 0.1) is 23.0 Å². The van der Waals surface area contributed by atoms with E-state index < -0.39 is 4.92 Å². The highest BCUT2D eigenvalue weighted by Gasteiger charge is 2.22. The maximum absolute atomic E-state index is 10.8. The zero-order valence-corrected chi connectivity index (χ0v) is 14.6. The minimum absolute atomic E-state index is 0.0501. The molecule has 0 unspecified atom stereocenters. The lowest BCUT2D eigenvalue weighted by molar-refractivity contribution is -0.385. The first-order valence-corrected chi connectivity index (χ1v) is 8.55. The fourth-order valence-corrected chi connectivity index (χ4v) is 3.47. The minimum Gasteiger partial charge on any atom is -0.497 e. The Balaban J connectivity index is 1.61. The number of methoxy groups -OCH3 is 1. The van der Waals surface area contributed by atoms with Crippen LogP contribution in [0.25, 0.3) is 0 Å². The van der Waals surface area contributed by atoms with Gasteiger partial charge in [-0.05, 0) is 55.4 Å². The number of nitro groups is 1. The lowest BCUT2D eigenvalue weighted by Crippen LogP contribution is -2.35. The Bertz CT molecular complexity index is 755. The molecule has 0 N–H and O–H groups in total. The third-order valence-corrected chi connectivity index (χ3v) is 4.82. The van der Waals surface area contributed by atoms with Gasteiger partial charge >= 0.3 is 0 Å². The van der Waals surface area contributed by atoms with E-state index >= 15 is 0 Å². The van der Waals surface area contributed by atoms with Gasteiger partial charge in [-0.2, -0.15) is 0 Å². The predicted molar refractivity (Wildman–Crippen MR) is 97.3 cm³/mol. The van der Waals surface area contributed by atoms with Crippen molar-refractivity contribution in [2.45, 2.75) is 26.2 Å². The van der Waals surface area contributed by atoms with Crippen LogP contribution < -0.4 is 9.64 Å². The Morgan fingerprint density at radius 3 is 2.72 bits per heavy atom. The summed E-state index contributed by atoms with van der Waals surface area (Å²) in [4.78, 5) is 17.0. The summed E-state index contributed by atoms with van der Waals surface area (Å²) in [6, 6.07) is 9.86. The van der Waals surface area contributed by atoms with Gasteiger partial charge in [-0.3, -0.25) is 10.1 Å². The Labute approximate surface area is 147 Å². The smallest absolute Gasteiger partial charge is 0.287 e. The van der Waals surface area contributed by atoms with Crippen molar-refractivity contribution in [1.82, 2.24) is 4.98 Å². The van der Waals surface area contributed by atoms with E-state index in [0.29, 0.717) is 5.92 Å². The number of pyridine rings is 1. The van der Waals surface area contributed by atoms with Gasteiger partial charge in [-0.1, -0.05) is 12.1 Å². The summed E-state index contributed by atoms with van der Waals surface area (Å²) < 4.78 is 5.29. The van der Waals surface area contributed by atoms with Gasteiger partial charge in [-0.25, -0.2) is 4.98 Å². The summed E-state index contributed by atoms with van der Waals surface area (Å²) >= 11 is 0. The summed E-state index contributed by atoms with van der Waals surface area (Å²) in [5.41, 5.74) is 2.22. The second-order valence-electron chi connectivity index (χ2n) is 6.58. The molecule has 0 bridgehead atoms. The number of hydrogen-bond donors (Lipinski definition) is 0. The van der Waals surface area contributed by atoms with Crippen LogP contribution in [-0.2, 0) is 6.42 Å². The van der Waals surface area contributed by atoms with Crippen molar-refractivity contribution in [2.75, 3.05) is 25.1 Å². The highest BCUT2D eigenvalue weighted by Crippen LogP contribution is 2.28. The largest absolute Gasteiger partial charge is 0.497 e. The van der Waals surface area contributed by atoms with E-state index in [-0.39, 0.29) is 5.69 Å². The molecular formula is C19H23N3O3. The van der Waals surface area contributed by atoms with Crippen molar-refractivity contribution in [1.29, 1.82) is 0 Å². The van der Waals surface area contributed by atoms with Gasteiger partial charge in [0.1, 0.15) is 17.8 Å². The lowest BCUT2D eigenvalue weighted by atomic mass is 9.90. The van der Waals surface area contributed by atoms with Gasteiger partial charge in [0, 0.05) is 19.2 Å². The zero-order valence-electron chi connectivity index (χ0n) is 14.6. The van der Waals surface area contributed by atoms with Crippen molar-refractivity contribution < 1.29 is 9.66 Å². The summed E-state index contributed by atoms with van der Waals surface area (Å²) in [7, 11) is 1.69. The molecule has 1 fully saturated rings. The Kier molecular flexibility index (Phi) is 5.16. The molecule has 1 aliphatic rings. The molecule has 6 nitrogen and oxygen atoms in total. The Hall–Kier alpha value is -2.63. The number of ether oxygens (including phenoxy) is 1. The molecule has 6 heteroatoms. The van der Waals surface area contributed by atoms with Crippen molar-refractivity contribution in [3.05, 3.63) is 57.8 Å². The SMILES string of the molecule is COc1cccc(CC2CCN(c3ncc([N+](=O)[O-])cc3C)CC2)c1. The second-order valence-corrected chi connectivity index (χ2v) is 6.58. The van der Waals surface area contributed by atoms with Gasteiger partial charge < -0.3 is 9.64 Å². The molecule has 0 amide bonds. The van der Waals surface area contributed by atoms with E-state index in [1.54, 1.807) is 13.2 Å². The first kappa shape index (κ1) is 17.2. The van der Waals surface area contributed by atoms with Crippen molar-refractivity contribution >= 4 is 11.5 Å². The van der Waals surface area contributed by atoms with E-state index in [1.807, 2.05) is 19.1 Å². The van der Waals surface area contributed by atoms with E-state index in [0.717, 1.165) is 49.5 Å². The summed E-state index contributed by atoms with van der Waals surface area (Å²) in [6.07, 6.45) is 4.59. The molecule has 1 aromatic carbocycles. The van der Waals surface area contributed by atoms with Crippen LogP contribution in [0.4, 0.5) is 11.5 Å². The molecule has 1 aliphatic heterocycles. The average molecular weight is 341 g/mol. The molecule has 0 saturated carbocycles. The fraction of sp³-hybridized carbons (Fsp3) is 0.421. The molecular weight excluding hydrogens is 318 g/mol. The Morgan fingerprint density at radius 1 is 1.32 bits per heavy atom. The highest BCUT2D eigenvalue weighted by molar-refractivity contribution is 5.50. The van der Waals surface area contributed by atoms with E-state index in [1.165, 1.54) is 11.8 Å². The Morgan fingerprint density at radius 2 is 2.08 bits per heavy atom. The van der Waals surface area contributed by atoms with Gasteiger partial charge in [0.05, 0.1) is 12.0 Å². The number of piperidine rings is 1. The number of aryl methyl sites for hydroxylation is 1. The van der Waals surface area contributed by atoms with Gasteiger partial charge in [0.25, 0.3) is 5.69 Å². The van der Waals surface area contributed by atoms with E-state index in [9.17, 15) is 10.1 Å². The van der Waals surface area contributed by atoms with Crippen LogP contribution in [0.5, 0.6) is 5.75 Å². The molecule has 2 aromatic rings. The van der Waals surface area contributed by atoms with E-state index in [2.05, 4.69) is 22.0 Å². The molecule has 132 valence electrons. The van der Waals surface area contributed by atoms with Crippen molar-refractivity contribution in [2.24, 2.45) is 5.92 Å². The first-order valence-electron chi connectivity index (χ1n) is 8.55. The number of rotatable bonds is 5. The third kappa shape index (κ3) is 4.07. The second kappa shape index (κ2) is 7.51. The molecule has 25 heavy (non-hydrogen) atoms. The van der Waals surface area contributed by atoms with Crippen LogP contribution in [0.3, 0.4) is 0 Å². The molecule has 3 rings (SSSR count). The number of nitrogens with zero attached hydrogens (tertiary/aromatic N) is 3. The summed E-state index contributed by atoms with van der Waals surface area (Å²) in [6.45, 7) is 3.75. The maximum atomic E-state index is 10.8. The predicted octanol–water partition coefficient (Wildman–Crippen LogP) is 3.77. The molecule has 2 heterocycles. The van der Waals surface area contributed by atoms with Crippen molar-refractivity contribution in [3.63, 3.8) is 0 Å². The quantitative estimate of drug-likeness (QED) is 0.612. The van der Waals surface area contributed by atoms with E-state index in [4.69, 9.17) is 4.74 Å². The fourth-order valence-electron chi connectivity index (χ4n) is 3.47.